The average molecular weight is 256 g/mol. The monoisotopic (exact) mass is 256 g/mol. The maximum Gasteiger partial charge on any atom is 0.0379 e. The van der Waals surface area contributed by atoms with Crippen molar-refractivity contribution in [1.82, 2.24) is 4.90 Å². The highest BCUT2D eigenvalue weighted by Crippen LogP contribution is 2.29. The highest BCUT2D eigenvalue weighted by Gasteiger charge is 2.20. The molecule has 0 fully saturated rings. The molecule has 0 spiro atoms. The Labute approximate surface area is 116 Å². The van der Waals surface area contributed by atoms with Crippen molar-refractivity contribution in [3.05, 3.63) is 47.5 Å². The van der Waals surface area contributed by atoms with E-state index in [1.807, 2.05) is 0 Å². The highest BCUT2D eigenvalue weighted by atomic mass is 15.1. The van der Waals surface area contributed by atoms with Crippen LogP contribution < -0.4 is 5.73 Å². The standard InChI is InChI=1S/C17H24N2/c1-12-5-6-15-10-16(8-7-14(15)9-12)17(19(3)4)13(2)11-18/h5-10,13,17H,11,18H2,1-4H3. The zero-order valence-electron chi connectivity index (χ0n) is 12.4. The van der Waals surface area contributed by atoms with Crippen LogP contribution in [0.3, 0.4) is 0 Å². The van der Waals surface area contributed by atoms with Crippen LogP contribution in [0.25, 0.3) is 10.8 Å². The summed E-state index contributed by atoms with van der Waals surface area (Å²) in [5.41, 5.74) is 8.51. The molecular weight excluding hydrogens is 232 g/mol. The summed E-state index contributed by atoms with van der Waals surface area (Å²) in [6, 6.07) is 13.7. The lowest BCUT2D eigenvalue weighted by molar-refractivity contribution is 0.228. The van der Waals surface area contributed by atoms with Crippen molar-refractivity contribution in [2.45, 2.75) is 19.9 Å². The van der Waals surface area contributed by atoms with Gasteiger partial charge in [-0.05, 0) is 55.9 Å². The summed E-state index contributed by atoms with van der Waals surface area (Å²) in [6.45, 7) is 5.05. The summed E-state index contributed by atoms with van der Waals surface area (Å²) >= 11 is 0. The van der Waals surface area contributed by atoms with Crippen LogP contribution in [0.15, 0.2) is 36.4 Å². The summed E-state index contributed by atoms with van der Waals surface area (Å²) in [5.74, 6) is 0.442. The summed E-state index contributed by atoms with van der Waals surface area (Å²) in [5, 5.41) is 2.61. The Morgan fingerprint density at radius 2 is 1.68 bits per heavy atom. The van der Waals surface area contributed by atoms with Gasteiger partial charge in [-0.3, -0.25) is 0 Å². The molecule has 0 aliphatic carbocycles. The molecule has 2 rings (SSSR count). The first kappa shape index (κ1) is 14.0. The lowest BCUT2D eigenvalue weighted by Crippen LogP contribution is -2.30. The van der Waals surface area contributed by atoms with Gasteiger partial charge in [0, 0.05) is 6.04 Å². The topological polar surface area (TPSA) is 29.3 Å². The van der Waals surface area contributed by atoms with Crippen LogP contribution in [0, 0.1) is 12.8 Å². The first-order chi connectivity index (χ1) is 9.02. The lowest BCUT2D eigenvalue weighted by Gasteiger charge is -2.30. The molecule has 0 radical (unpaired) electrons. The third-order valence-electron chi connectivity index (χ3n) is 3.83. The molecule has 2 atom stereocenters. The number of nitrogens with zero attached hydrogens (tertiary/aromatic N) is 1. The van der Waals surface area contributed by atoms with Gasteiger partial charge in [-0.15, -0.1) is 0 Å². The Morgan fingerprint density at radius 1 is 1.05 bits per heavy atom. The Kier molecular flexibility index (Phi) is 4.23. The molecule has 2 aromatic carbocycles. The van der Waals surface area contributed by atoms with E-state index in [0.29, 0.717) is 18.5 Å². The molecule has 0 aliphatic rings. The van der Waals surface area contributed by atoms with Crippen molar-refractivity contribution in [3.63, 3.8) is 0 Å². The van der Waals surface area contributed by atoms with Crippen molar-refractivity contribution in [1.29, 1.82) is 0 Å². The summed E-state index contributed by atoms with van der Waals surface area (Å²) in [6.07, 6.45) is 0. The van der Waals surface area contributed by atoms with Gasteiger partial charge in [0.1, 0.15) is 0 Å². The van der Waals surface area contributed by atoms with Gasteiger partial charge in [-0.25, -0.2) is 0 Å². The van der Waals surface area contributed by atoms with Gasteiger partial charge < -0.3 is 10.6 Å². The first-order valence-corrected chi connectivity index (χ1v) is 6.89. The molecule has 0 amide bonds. The van der Waals surface area contributed by atoms with Gasteiger partial charge >= 0.3 is 0 Å². The van der Waals surface area contributed by atoms with Gasteiger partial charge in [0.2, 0.25) is 0 Å². The second kappa shape index (κ2) is 5.72. The zero-order chi connectivity index (χ0) is 14.0. The summed E-state index contributed by atoms with van der Waals surface area (Å²) < 4.78 is 0. The maximum absolute atomic E-state index is 5.85. The SMILES string of the molecule is Cc1ccc2cc(C(C(C)CN)N(C)C)ccc2c1. The number of benzene rings is 2. The maximum atomic E-state index is 5.85. The van der Waals surface area contributed by atoms with Gasteiger partial charge in [0.05, 0.1) is 0 Å². The van der Waals surface area contributed by atoms with Gasteiger partial charge in [0.15, 0.2) is 0 Å². The molecule has 102 valence electrons. The average Bonchev–Trinajstić information content (AvgIpc) is 2.38. The molecule has 19 heavy (non-hydrogen) atoms. The third-order valence-corrected chi connectivity index (χ3v) is 3.83. The van der Waals surface area contributed by atoms with Crippen LogP contribution in [0.1, 0.15) is 24.1 Å². The molecule has 0 saturated carbocycles. The van der Waals surface area contributed by atoms with Crippen LogP contribution in [-0.4, -0.2) is 25.5 Å². The molecule has 0 saturated heterocycles. The zero-order valence-corrected chi connectivity index (χ0v) is 12.4. The molecule has 2 aromatic rings. The van der Waals surface area contributed by atoms with Gasteiger partial charge in [0.25, 0.3) is 0 Å². The van der Waals surface area contributed by atoms with E-state index in [-0.39, 0.29) is 0 Å². The predicted molar refractivity (Wildman–Crippen MR) is 83.3 cm³/mol. The molecular formula is C17H24N2. The van der Waals surface area contributed by atoms with Crippen LogP contribution in [0.4, 0.5) is 0 Å². The molecule has 0 heterocycles. The van der Waals surface area contributed by atoms with Crippen LogP contribution >= 0.6 is 0 Å². The molecule has 2 unspecified atom stereocenters. The van der Waals surface area contributed by atoms with E-state index in [4.69, 9.17) is 5.73 Å². The molecule has 2 heteroatoms. The predicted octanol–water partition coefficient (Wildman–Crippen LogP) is 3.35. The molecule has 2 N–H and O–H groups in total. The van der Waals surface area contributed by atoms with E-state index >= 15 is 0 Å². The first-order valence-electron chi connectivity index (χ1n) is 6.89. The fraction of sp³-hybridized carbons (Fsp3) is 0.412. The van der Waals surface area contributed by atoms with E-state index in [0.717, 1.165) is 0 Å². The molecule has 0 bridgehead atoms. The minimum atomic E-state index is 0.371. The van der Waals surface area contributed by atoms with E-state index in [9.17, 15) is 0 Å². The largest absolute Gasteiger partial charge is 0.330 e. The Bertz CT molecular complexity index is 560. The minimum Gasteiger partial charge on any atom is -0.330 e. The van der Waals surface area contributed by atoms with Crippen molar-refractivity contribution in [3.8, 4) is 0 Å². The molecule has 2 nitrogen and oxygen atoms in total. The summed E-state index contributed by atoms with van der Waals surface area (Å²) in [4.78, 5) is 2.26. The van der Waals surface area contributed by atoms with E-state index in [1.54, 1.807) is 0 Å². The van der Waals surface area contributed by atoms with Crippen LogP contribution in [0.5, 0.6) is 0 Å². The second-order valence-electron chi connectivity index (χ2n) is 5.73. The van der Waals surface area contributed by atoms with Gasteiger partial charge in [-0.2, -0.15) is 0 Å². The van der Waals surface area contributed by atoms with Gasteiger partial charge in [-0.1, -0.05) is 42.8 Å². The molecule has 0 aromatic heterocycles. The lowest BCUT2D eigenvalue weighted by atomic mass is 9.92. The Balaban J connectivity index is 2.46. The smallest absolute Gasteiger partial charge is 0.0379 e. The van der Waals surface area contributed by atoms with Crippen LogP contribution in [0.2, 0.25) is 0 Å². The van der Waals surface area contributed by atoms with Crippen molar-refractivity contribution < 1.29 is 0 Å². The van der Waals surface area contributed by atoms with Crippen molar-refractivity contribution in [2.24, 2.45) is 11.7 Å². The Morgan fingerprint density at radius 3 is 2.32 bits per heavy atom. The second-order valence-corrected chi connectivity index (χ2v) is 5.73. The normalized spacial score (nSPS) is 14.8. The number of aryl methyl sites for hydroxylation is 1. The van der Waals surface area contributed by atoms with Crippen molar-refractivity contribution >= 4 is 10.8 Å². The number of fused-ring (bicyclic) bond motifs is 1. The molecule has 0 aliphatic heterocycles. The third kappa shape index (κ3) is 2.96. The van der Waals surface area contributed by atoms with E-state index < -0.39 is 0 Å². The fourth-order valence-electron chi connectivity index (χ4n) is 2.83. The van der Waals surface area contributed by atoms with E-state index in [1.165, 1.54) is 21.9 Å². The number of hydrogen-bond acceptors (Lipinski definition) is 2. The summed E-state index contributed by atoms with van der Waals surface area (Å²) in [7, 11) is 4.24. The van der Waals surface area contributed by atoms with E-state index in [2.05, 4.69) is 69.2 Å². The minimum absolute atomic E-state index is 0.371. The van der Waals surface area contributed by atoms with Crippen molar-refractivity contribution in [2.75, 3.05) is 20.6 Å². The quantitative estimate of drug-likeness (QED) is 0.909. The fourth-order valence-corrected chi connectivity index (χ4v) is 2.83. The van der Waals surface area contributed by atoms with Crippen LogP contribution in [-0.2, 0) is 0 Å². The Hall–Kier alpha value is -1.38. The number of rotatable bonds is 4. The number of nitrogens with two attached hydrogens (primary N) is 1. The highest BCUT2D eigenvalue weighted by molar-refractivity contribution is 5.83. The number of hydrogen-bond donors (Lipinski definition) is 1.